The number of amides is 2. The molecule has 1 aromatic rings. The highest BCUT2D eigenvalue weighted by molar-refractivity contribution is 9.10. The van der Waals surface area contributed by atoms with E-state index in [-0.39, 0.29) is 17.9 Å². The van der Waals surface area contributed by atoms with Gasteiger partial charge in [-0.05, 0) is 37.0 Å². The minimum Gasteiger partial charge on any atom is -0.341 e. The predicted molar refractivity (Wildman–Crippen MR) is 106 cm³/mol. The molecule has 0 N–H and O–H groups in total. The predicted octanol–water partition coefficient (Wildman–Crippen LogP) is 2.85. The number of piperazine rings is 1. The zero-order chi connectivity index (χ0) is 18.7. The molecule has 0 radical (unpaired) electrons. The van der Waals surface area contributed by atoms with Crippen LogP contribution in [0.2, 0.25) is 0 Å². The van der Waals surface area contributed by atoms with E-state index in [4.69, 9.17) is 0 Å². The third kappa shape index (κ3) is 4.46. The highest BCUT2D eigenvalue weighted by Gasteiger charge is 2.37. The van der Waals surface area contributed by atoms with E-state index in [9.17, 15) is 9.59 Å². The van der Waals surface area contributed by atoms with Crippen molar-refractivity contribution in [3.05, 3.63) is 34.3 Å². The molecule has 142 valence electrons. The van der Waals surface area contributed by atoms with Gasteiger partial charge in [0.25, 0.3) is 5.91 Å². The second-order valence-electron chi connectivity index (χ2n) is 7.65. The number of benzene rings is 1. The van der Waals surface area contributed by atoms with Crippen molar-refractivity contribution in [3.8, 4) is 0 Å². The number of carbonyl (C=O) groups excluding carboxylic acids is 2. The number of halogens is 1. The van der Waals surface area contributed by atoms with Crippen molar-refractivity contribution in [1.29, 1.82) is 0 Å². The molecule has 2 heterocycles. The van der Waals surface area contributed by atoms with Gasteiger partial charge >= 0.3 is 0 Å². The Hall–Kier alpha value is -1.40. The number of hydrogen-bond donors (Lipinski definition) is 0. The Morgan fingerprint density at radius 1 is 1.19 bits per heavy atom. The summed E-state index contributed by atoms with van der Waals surface area (Å²) in [6.07, 6.45) is 1.98. The van der Waals surface area contributed by atoms with Gasteiger partial charge in [-0.25, -0.2) is 0 Å². The van der Waals surface area contributed by atoms with E-state index >= 15 is 0 Å². The molecule has 2 amide bonds. The number of nitrogens with zero attached hydrogens (tertiary/aromatic N) is 3. The lowest BCUT2D eigenvalue weighted by Gasteiger charge is -2.37. The summed E-state index contributed by atoms with van der Waals surface area (Å²) < 4.78 is 0.917. The Morgan fingerprint density at radius 3 is 2.58 bits per heavy atom. The maximum atomic E-state index is 12.7. The summed E-state index contributed by atoms with van der Waals surface area (Å²) in [5.41, 5.74) is 0.713. The summed E-state index contributed by atoms with van der Waals surface area (Å²) in [4.78, 5) is 31.5. The molecular weight excluding hydrogens is 394 g/mol. The molecule has 1 unspecified atom stereocenters. The summed E-state index contributed by atoms with van der Waals surface area (Å²) in [7, 11) is 0. The van der Waals surface area contributed by atoms with Gasteiger partial charge in [0.1, 0.15) is 0 Å². The third-order valence-electron chi connectivity index (χ3n) is 5.36. The quantitative estimate of drug-likeness (QED) is 0.733. The molecular formula is C20H28BrN3O2. The van der Waals surface area contributed by atoms with Crippen LogP contribution in [0.5, 0.6) is 0 Å². The van der Waals surface area contributed by atoms with Crippen molar-refractivity contribution in [2.45, 2.75) is 32.7 Å². The van der Waals surface area contributed by atoms with Crippen LogP contribution in [0.4, 0.5) is 0 Å². The second-order valence-corrected chi connectivity index (χ2v) is 8.57. The first-order chi connectivity index (χ1) is 12.5. The average Bonchev–Trinajstić information content (AvgIpc) is 3.00. The van der Waals surface area contributed by atoms with Crippen LogP contribution in [0.1, 0.15) is 37.0 Å². The van der Waals surface area contributed by atoms with Crippen molar-refractivity contribution in [2.24, 2.45) is 5.92 Å². The lowest BCUT2D eigenvalue weighted by Crippen LogP contribution is -2.53. The molecule has 0 saturated carbocycles. The zero-order valence-electron chi connectivity index (χ0n) is 15.7. The van der Waals surface area contributed by atoms with Gasteiger partial charge in [-0.1, -0.05) is 35.8 Å². The van der Waals surface area contributed by atoms with Crippen molar-refractivity contribution in [3.63, 3.8) is 0 Å². The molecule has 0 aromatic heterocycles. The number of carbonyl (C=O) groups is 2. The monoisotopic (exact) mass is 421 g/mol. The van der Waals surface area contributed by atoms with Crippen LogP contribution in [-0.2, 0) is 4.79 Å². The van der Waals surface area contributed by atoms with Crippen LogP contribution in [0, 0.1) is 5.92 Å². The number of rotatable bonds is 5. The van der Waals surface area contributed by atoms with Crippen molar-refractivity contribution >= 4 is 27.7 Å². The summed E-state index contributed by atoms with van der Waals surface area (Å²) in [6.45, 7) is 9.03. The maximum Gasteiger partial charge on any atom is 0.253 e. The van der Waals surface area contributed by atoms with Crippen LogP contribution < -0.4 is 0 Å². The minimum atomic E-state index is 0.00489. The number of likely N-dealkylation sites (tertiary alicyclic amines) is 1. The Balaban J connectivity index is 1.52. The standard InChI is InChI=1S/C20H28BrN3O2/c1-15(2)6-8-23-9-7-18(20(23)26)22-10-12-24(13-11-22)19(25)16-4-3-5-17(21)14-16/h3-5,14-15,18H,6-13H2,1-2H3. The topological polar surface area (TPSA) is 43.9 Å². The van der Waals surface area contributed by atoms with Crippen molar-refractivity contribution in [1.82, 2.24) is 14.7 Å². The SMILES string of the molecule is CC(C)CCN1CCC(N2CCN(C(=O)c3cccc(Br)c3)CC2)C1=O. The fourth-order valence-corrected chi connectivity index (χ4v) is 4.14. The van der Waals surface area contributed by atoms with Crippen LogP contribution in [0.25, 0.3) is 0 Å². The first-order valence-electron chi connectivity index (χ1n) is 9.53. The van der Waals surface area contributed by atoms with Gasteiger partial charge in [-0.15, -0.1) is 0 Å². The molecule has 1 aromatic carbocycles. The van der Waals surface area contributed by atoms with Gasteiger partial charge in [0.05, 0.1) is 6.04 Å². The highest BCUT2D eigenvalue weighted by Crippen LogP contribution is 2.21. The molecule has 0 bridgehead atoms. The molecule has 2 aliphatic heterocycles. The summed E-state index contributed by atoms with van der Waals surface area (Å²) in [6, 6.07) is 7.53. The lowest BCUT2D eigenvalue weighted by atomic mass is 10.1. The van der Waals surface area contributed by atoms with E-state index < -0.39 is 0 Å². The molecule has 6 heteroatoms. The molecule has 2 aliphatic rings. The van der Waals surface area contributed by atoms with Gasteiger partial charge in [-0.2, -0.15) is 0 Å². The minimum absolute atomic E-state index is 0.00489. The van der Waals surface area contributed by atoms with E-state index in [1.807, 2.05) is 34.1 Å². The first kappa shape index (κ1) is 19.4. The summed E-state index contributed by atoms with van der Waals surface area (Å²) in [5, 5.41) is 0. The van der Waals surface area contributed by atoms with Gasteiger partial charge in [0.15, 0.2) is 0 Å². The van der Waals surface area contributed by atoms with E-state index in [2.05, 4.69) is 34.7 Å². The molecule has 0 aliphatic carbocycles. The molecule has 2 saturated heterocycles. The van der Waals surface area contributed by atoms with Crippen LogP contribution >= 0.6 is 15.9 Å². The van der Waals surface area contributed by atoms with E-state index in [0.717, 1.165) is 43.5 Å². The maximum absolute atomic E-state index is 12.7. The van der Waals surface area contributed by atoms with Gasteiger partial charge in [0.2, 0.25) is 5.91 Å². The fourth-order valence-electron chi connectivity index (χ4n) is 3.74. The Kier molecular flexibility index (Phi) is 6.35. The third-order valence-corrected chi connectivity index (χ3v) is 5.85. The Labute approximate surface area is 164 Å². The van der Waals surface area contributed by atoms with Crippen molar-refractivity contribution < 1.29 is 9.59 Å². The largest absolute Gasteiger partial charge is 0.341 e. The fraction of sp³-hybridized carbons (Fsp3) is 0.600. The smallest absolute Gasteiger partial charge is 0.253 e. The summed E-state index contributed by atoms with van der Waals surface area (Å²) >= 11 is 3.42. The van der Waals surface area contributed by atoms with Crippen LogP contribution in [0.15, 0.2) is 28.7 Å². The molecule has 26 heavy (non-hydrogen) atoms. The van der Waals surface area contributed by atoms with E-state index in [0.29, 0.717) is 24.6 Å². The normalized spacial score (nSPS) is 21.7. The van der Waals surface area contributed by atoms with Gasteiger partial charge in [0, 0.05) is 49.3 Å². The summed E-state index contributed by atoms with van der Waals surface area (Å²) in [5.74, 6) is 0.967. The average molecular weight is 422 g/mol. The number of hydrogen-bond acceptors (Lipinski definition) is 3. The lowest BCUT2D eigenvalue weighted by molar-refractivity contribution is -0.132. The van der Waals surface area contributed by atoms with Crippen LogP contribution in [-0.4, -0.2) is 71.8 Å². The highest BCUT2D eigenvalue weighted by atomic mass is 79.9. The van der Waals surface area contributed by atoms with E-state index in [1.54, 1.807) is 0 Å². The van der Waals surface area contributed by atoms with E-state index in [1.165, 1.54) is 0 Å². The Morgan fingerprint density at radius 2 is 1.92 bits per heavy atom. The molecule has 3 rings (SSSR count). The van der Waals surface area contributed by atoms with Gasteiger partial charge in [-0.3, -0.25) is 14.5 Å². The second kappa shape index (κ2) is 8.53. The molecule has 2 fully saturated rings. The van der Waals surface area contributed by atoms with Crippen LogP contribution in [0.3, 0.4) is 0 Å². The van der Waals surface area contributed by atoms with Gasteiger partial charge < -0.3 is 9.80 Å². The first-order valence-corrected chi connectivity index (χ1v) is 10.3. The van der Waals surface area contributed by atoms with Crippen molar-refractivity contribution in [2.75, 3.05) is 39.3 Å². The molecule has 1 atom stereocenters. The molecule has 0 spiro atoms. The zero-order valence-corrected chi connectivity index (χ0v) is 17.2. The molecule has 5 nitrogen and oxygen atoms in total. The Bertz CT molecular complexity index is 656.